The van der Waals surface area contributed by atoms with E-state index >= 15 is 0 Å². The monoisotopic (exact) mass is 277 g/mol. The molecule has 1 atom stereocenters. The van der Waals surface area contributed by atoms with Crippen molar-refractivity contribution < 1.29 is 4.79 Å². The van der Waals surface area contributed by atoms with Crippen molar-refractivity contribution in [2.45, 2.75) is 25.8 Å². The Labute approximate surface area is 119 Å². The van der Waals surface area contributed by atoms with Crippen LogP contribution in [-0.4, -0.2) is 35.6 Å². The number of hydrogen-bond acceptors (Lipinski definition) is 3. The maximum atomic E-state index is 11.2. The Morgan fingerprint density at radius 2 is 2.32 bits per heavy atom. The van der Waals surface area contributed by atoms with Gasteiger partial charge in [-0.2, -0.15) is 0 Å². The smallest absolute Gasteiger partial charge is 0.215 e. The number of rotatable bonds is 4. The van der Waals surface area contributed by atoms with Gasteiger partial charge in [0.25, 0.3) is 0 Å². The number of benzene rings is 1. The number of carbonyl (C=O) groups is 1. The summed E-state index contributed by atoms with van der Waals surface area (Å²) in [5, 5.41) is 0.570. The lowest BCUT2D eigenvalue weighted by atomic mass is 10.1. The van der Waals surface area contributed by atoms with Crippen LogP contribution < -0.4 is 10.6 Å². The summed E-state index contributed by atoms with van der Waals surface area (Å²) in [7, 11) is 0. The maximum Gasteiger partial charge on any atom is 0.215 e. The highest BCUT2D eigenvalue weighted by atomic mass is 32.1. The highest BCUT2D eigenvalue weighted by molar-refractivity contribution is 7.80. The van der Waals surface area contributed by atoms with Crippen molar-refractivity contribution in [1.29, 1.82) is 0 Å². The third-order valence-corrected chi connectivity index (χ3v) is 3.82. The molecule has 0 saturated heterocycles. The molecule has 1 aliphatic rings. The lowest BCUT2D eigenvalue weighted by Crippen LogP contribution is -2.45. The topological polar surface area (TPSA) is 49.6 Å². The van der Waals surface area contributed by atoms with Crippen LogP contribution in [0.25, 0.3) is 0 Å². The van der Waals surface area contributed by atoms with Crippen molar-refractivity contribution in [3.63, 3.8) is 0 Å². The van der Waals surface area contributed by atoms with Crippen molar-refractivity contribution in [3.8, 4) is 0 Å². The van der Waals surface area contributed by atoms with Gasteiger partial charge in [-0.05, 0) is 50.2 Å². The molecule has 1 aromatic rings. The van der Waals surface area contributed by atoms with Gasteiger partial charge >= 0.3 is 0 Å². The lowest BCUT2D eigenvalue weighted by molar-refractivity contribution is -0.114. The van der Waals surface area contributed by atoms with E-state index in [0.717, 1.165) is 24.9 Å². The fourth-order valence-corrected chi connectivity index (χ4v) is 2.86. The first-order valence-corrected chi connectivity index (χ1v) is 6.93. The Morgan fingerprint density at radius 3 is 3.00 bits per heavy atom. The molecule has 1 unspecified atom stereocenters. The molecule has 0 aliphatic carbocycles. The van der Waals surface area contributed by atoms with E-state index in [9.17, 15) is 4.79 Å². The van der Waals surface area contributed by atoms with Gasteiger partial charge in [0.15, 0.2) is 5.11 Å². The molecule has 0 radical (unpaired) electrons. The van der Waals surface area contributed by atoms with Crippen molar-refractivity contribution >= 4 is 29.4 Å². The van der Waals surface area contributed by atoms with Gasteiger partial charge in [0, 0.05) is 18.3 Å². The van der Waals surface area contributed by atoms with Crippen molar-refractivity contribution in [3.05, 3.63) is 29.8 Å². The highest BCUT2D eigenvalue weighted by Crippen LogP contribution is 2.32. The molecule has 2 rings (SSSR count). The lowest BCUT2D eigenvalue weighted by Gasteiger charge is -2.30. The first-order chi connectivity index (χ1) is 9.19. The summed E-state index contributed by atoms with van der Waals surface area (Å²) in [6, 6.07) is 8.48. The minimum Gasteiger partial charge on any atom is -0.330 e. The zero-order valence-electron chi connectivity index (χ0n) is 11.1. The van der Waals surface area contributed by atoms with Crippen LogP contribution in [0.2, 0.25) is 0 Å². The summed E-state index contributed by atoms with van der Waals surface area (Å²) in [6.45, 7) is 3.25. The quantitative estimate of drug-likeness (QED) is 0.670. The van der Waals surface area contributed by atoms with Gasteiger partial charge in [-0.3, -0.25) is 9.69 Å². The Morgan fingerprint density at radius 1 is 1.58 bits per heavy atom. The van der Waals surface area contributed by atoms with E-state index in [1.54, 1.807) is 4.90 Å². The van der Waals surface area contributed by atoms with Crippen LogP contribution in [0.3, 0.4) is 0 Å². The summed E-state index contributed by atoms with van der Waals surface area (Å²) >= 11 is 5.48. The number of hydrogen-bond donors (Lipinski definition) is 1. The highest BCUT2D eigenvalue weighted by Gasteiger charge is 2.30. The molecule has 0 aromatic heterocycles. The van der Waals surface area contributed by atoms with Gasteiger partial charge in [0.05, 0.1) is 0 Å². The van der Waals surface area contributed by atoms with Crippen LogP contribution in [0.5, 0.6) is 0 Å². The van der Waals surface area contributed by atoms with Crippen LogP contribution >= 0.6 is 12.2 Å². The van der Waals surface area contributed by atoms with Gasteiger partial charge in [-0.1, -0.05) is 18.2 Å². The number of anilines is 1. The number of nitrogens with two attached hydrogens (primary N) is 1. The minimum atomic E-state index is 0.283. The number of nitrogens with zero attached hydrogens (tertiary/aromatic N) is 2. The second-order valence-electron chi connectivity index (χ2n) is 4.78. The van der Waals surface area contributed by atoms with E-state index in [1.807, 2.05) is 12.1 Å². The Hall–Kier alpha value is -1.46. The second-order valence-corrected chi connectivity index (χ2v) is 5.14. The van der Waals surface area contributed by atoms with E-state index in [1.165, 1.54) is 5.56 Å². The zero-order valence-corrected chi connectivity index (χ0v) is 11.9. The molecular formula is C14H19N3OS. The first-order valence-electron chi connectivity index (χ1n) is 6.52. The summed E-state index contributed by atoms with van der Waals surface area (Å²) < 4.78 is 0. The summed E-state index contributed by atoms with van der Waals surface area (Å²) in [4.78, 5) is 14.8. The molecule has 1 amide bonds. The SMILES string of the molecule is CC1Cc2ccccc2N1C(=S)N(C=O)CCCN. The van der Waals surface area contributed by atoms with Crippen LogP contribution in [-0.2, 0) is 11.2 Å². The van der Waals surface area contributed by atoms with E-state index in [-0.39, 0.29) is 6.04 Å². The normalized spacial score (nSPS) is 17.2. The van der Waals surface area contributed by atoms with Crippen LogP contribution in [0.1, 0.15) is 18.9 Å². The van der Waals surface area contributed by atoms with Crippen molar-refractivity contribution in [1.82, 2.24) is 4.90 Å². The Balaban J connectivity index is 2.21. The fraction of sp³-hybridized carbons (Fsp3) is 0.429. The number of fused-ring (bicyclic) bond motifs is 1. The Kier molecular flexibility index (Phi) is 4.50. The maximum absolute atomic E-state index is 11.2. The molecule has 0 fully saturated rings. The van der Waals surface area contributed by atoms with Crippen LogP contribution in [0, 0.1) is 0 Å². The predicted molar refractivity (Wildman–Crippen MR) is 81.1 cm³/mol. The third-order valence-electron chi connectivity index (χ3n) is 3.39. The first kappa shape index (κ1) is 14.0. The predicted octanol–water partition coefficient (Wildman–Crippen LogP) is 1.53. The van der Waals surface area contributed by atoms with Gasteiger partial charge < -0.3 is 10.6 Å². The molecule has 0 saturated carbocycles. The van der Waals surface area contributed by atoms with E-state index in [4.69, 9.17) is 18.0 Å². The second kappa shape index (κ2) is 6.12. The molecule has 4 nitrogen and oxygen atoms in total. The van der Waals surface area contributed by atoms with Gasteiger partial charge in [-0.15, -0.1) is 0 Å². The molecule has 0 spiro atoms. The minimum absolute atomic E-state index is 0.283. The fourth-order valence-electron chi connectivity index (χ4n) is 2.45. The van der Waals surface area contributed by atoms with Gasteiger partial charge in [-0.25, -0.2) is 0 Å². The molecule has 1 aromatic carbocycles. The van der Waals surface area contributed by atoms with Crippen LogP contribution in [0.4, 0.5) is 5.69 Å². The molecular weight excluding hydrogens is 258 g/mol. The average molecular weight is 277 g/mol. The standard InChI is InChI=1S/C14H19N3OS/c1-11-9-12-5-2-3-6-13(12)17(11)14(19)16(10-18)8-4-7-15/h2-3,5-6,10-11H,4,7-9,15H2,1H3. The van der Waals surface area contributed by atoms with Gasteiger partial charge in [0.2, 0.25) is 6.41 Å². The van der Waals surface area contributed by atoms with Crippen LogP contribution in [0.15, 0.2) is 24.3 Å². The van der Waals surface area contributed by atoms with E-state index in [0.29, 0.717) is 18.2 Å². The Bertz CT molecular complexity index is 478. The number of thiocarbonyl (C=S) groups is 1. The molecule has 19 heavy (non-hydrogen) atoms. The van der Waals surface area contributed by atoms with Gasteiger partial charge in [0.1, 0.15) is 0 Å². The summed E-state index contributed by atoms with van der Waals surface area (Å²) in [5.74, 6) is 0. The molecule has 2 N–H and O–H groups in total. The van der Waals surface area contributed by atoms with Crippen molar-refractivity contribution in [2.75, 3.05) is 18.0 Å². The molecule has 1 aliphatic heterocycles. The third kappa shape index (κ3) is 2.77. The number of amides is 1. The zero-order chi connectivity index (χ0) is 13.8. The number of para-hydroxylation sites is 1. The molecule has 5 heteroatoms. The van der Waals surface area contributed by atoms with Crippen molar-refractivity contribution in [2.24, 2.45) is 5.73 Å². The molecule has 0 bridgehead atoms. The van der Waals surface area contributed by atoms with E-state index in [2.05, 4.69) is 24.0 Å². The molecule has 1 heterocycles. The molecule has 102 valence electrons. The average Bonchev–Trinajstić information content (AvgIpc) is 2.75. The largest absolute Gasteiger partial charge is 0.330 e. The summed E-state index contributed by atoms with van der Waals surface area (Å²) in [6.07, 6.45) is 2.51. The van der Waals surface area contributed by atoms with E-state index < -0.39 is 0 Å². The number of carbonyl (C=O) groups excluding carboxylic acids is 1. The summed E-state index contributed by atoms with van der Waals surface area (Å²) in [5.41, 5.74) is 7.88.